The van der Waals surface area contributed by atoms with Gasteiger partial charge in [0.2, 0.25) is 0 Å². The standard InChI is InChI=1S/C14H28O2S2/c15-6-4-13(17)9-11-2-1-3-12(8-11)10-14(18)5-7-16/h11-18H,1-10H2. The van der Waals surface area contributed by atoms with Crippen LogP contribution in [0.2, 0.25) is 0 Å². The van der Waals surface area contributed by atoms with Gasteiger partial charge in [0, 0.05) is 23.7 Å². The van der Waals surface area contributed by atoms with Crippen molar-refractivity contribution < 1.29 is 10.2 Å². The molecule has 1 fully saturated rings. The maximum Gasteiger partial charge on any atom is 0.0441 e. The first-order valence-corrected chi connectivity index (χ1v) is 8.26. The summed E-state index contributed by atoms with van der Waals surface area (Å²) < 4.78 is 0. The molecule has 4 heteroatoms. The van der Waals surface area contributed by atoms with Crippen LogP contribution in [-0.2, 0) is 0 Å². The van der Waals surface area contributed by atoms with Gasteiger partial charge >= 0.3 is 0 Å². The summed E-state index contributed by atoms with van der Waals surface area (Å²) >= 11 is 9.09. The predicted octanol–water partition coefficient (Wildman–Crippen LogP) is 2.93. The van der Waals surface area contributed by atoms with Crippen LogP contribution in [0.15, 0.2) is 0 Å². The van der Waals surface area contributed by atoms with Crippen molar-refractivity contribution in [2.24, 2.45) is 11.8 Å². The zero-order valence-electron chi connectivity index (χ0n) is 11.2. The minimum atomic E-state index is 0.250. The molecule has 1 rings (SSSR count). The van der Waals surface area contributed by atoms with E-state index in [1.54, 1.807) is 0 Å². The first kappa shape index (κ1) is 16.7. The molecule has 0 amide bonds. The molecule has 0 radical (unpaired) electrons. The van der Waals surface area contributed by atoms with Gasteiger partial charge in [-0.05, 0) is 43.9 Å². The lowest BCUT2D eigenvalue weighted by molar-refractivity contribution is 0.224. The number of hydrogen-bond donors (Lipinski definition) is 4. The average molecular weight is 293 g/mol. The van der Waals surface area contributed by atoms with E-state index in [-0.39, 0.29) is 13.2 Å². The van der Waals surface area contributed by atoms with Gasteiger partial charge in [-0.25, -0.2) is 0 Å². The molecule has 2 nitrogen and oxygen atoms in total. The van der Waals surface area contributed by atoms with Crippen molar-refractivity contribution in [1.29, 1.82) is 0 Å². The van der Waals surface area contributed by atoms with Crippen LogP contribution < -0.4 is 0 Å². The molecule has 1 aliphatic carbocycles. The molecule has 4 unspecified atom stereocenters. The Morgan fingerprint density at radius 3 is 1.72 bits per heavy atom. The minimum Gasteiger partial charge on any atom is -0.396 e. The van der Waals surface area contributed by atoms with Gasteiger partial charge in [-0.1, -0.05) is 19.3 Å². The van der Waals surface area contributed by atoms with Crippen molar-refractivity contribution in [3.8, 4) is 0 Å². The third kappa shape index (κ3) is 6.69. The smallest absolute Gasteiger partial charge is 0.0441 e. The molecule has 0 aromatic carbocycles. The molecule has 0 spiro atoms. The van der Waals surface area contributed by atoms with Gasteiger partial charge in [0.05, 0.1) is 0 Å². The zero-order valence-corrected chi connectivity index (χ0v) is 13.0. The molecule has 0 saturated heterocycles. The van der Waals surface area contributed by atoms with E-state index in [1.165, 1.54) is 25.7 Å². The Morgan fingerprint density at radius 1 is 0.889 bits per heavy atom. The summed E-state index contributed by atoms with van der Waals surface area (Å²) in [4.78, 5) is 0. The van der Waals surface area contributed by atoms with Gasteiger partial charge in [-0.3, -0.25) is 0 Å². The van der Waals surface area contributed by atoms with Crippen molar-refractivity contribution in [3.63, 3.8) is 0 Å². The maximum atomic E-state index is 8.91. The molecular weight excluding hydrogens is 264 g/mol. The number of hydrogen-bond acceptors (Lipinski definition) is 4. The van der Waals surface area contributed by atoms with Gasteiger partial charge in [0.1, 0.15) is 0 Å². The normalized spacial score (nSPS) is 28.0. The number of aliphatic hydroxyl groups is 2. The monoisotopic (exact) mass is 292 g/mol. The Bertz CT molecular complexity index is 194. The quantitative estimate of drug-likeness (QED) is 0.520. The number of thiol groups is 2. The van der Waals surface area contributed by atoms with E-state index in [4.69, 9.17) is 10.2 Å². The average Bonchev–Trinajstić information content (AvgIpc) is 2.29. The fraction of sp³-hybridized carbons (Fsp3) is 1.00. The van der Waals surface area contributed by atoms with E-state index in [2.05, 4.69) is 25.3 Å². The summed E-state index contributed by atoms with van der Waals surface area (Å²) in [5, 5.41) is 18.5. The fourth-order valence-corrected chi connectivity index (χ4v) is 3.96. The van der Waals surface area contributed by atoms with Crippen LogP contribution in [-0.4, -0.2) is 33.9 Å². The maximum absolute atomic E-state index is 8.91. The zero-order chi connectivity index (χ0) is 13.4. The van der Waals surface area contributed by atoms with Crippen LogP contribution in [0.4, 0.5) is 0 Å². The largest absolute Gasteiger partial charge is 0.396 e. The lowest BCUT2D eigenvalue weighted by Crippen LogP contribution is -2.21. The SMILES string of the molecule is OCCC(S)CC1CCCC(CC(S)CCO)C1. The highest BCUT2D eigenvalue weighted by Crippen LogP contribution is 2.36. The first-order chi connectivity index (χ1) is 8.65. The van der Waals surface area contributed by atoms with Gasteiger partial charge in [-0.2, -0.15) is 25.3 Å². The van der Waals surface area contributed by atoms with Crippen LogP contribution in [0.5, 0.6) is 0 Å². The highest BCUT2D eigenvalue weighted by atomic mass is 32.1. The summed E-state index contributed by atoms with van der Waals surface area (Å²) in [5.41, 5.74) is 0. The minimum absolute atomic E-state index is 0.250. The summed E-state index contributed by atoms with van der Waals surface area (Å²) in [6.45, 7) is 0.499. The van der Waals surface area contributed by atoms with Crippen LogP contribution in [0.1, 0.15) is 51.4 Å². The third-order valence-corrected chi connectivity index (χ3v) is 4.96. The van der Waals surface area contributed by atoms with E-state index in [0.29, 0.717) is 10.5 Å². The molecule has 0 heterocycles. The summed E-state index contributed by atoms with van der Waals surface area (Å²) in [7, 11) is 0. The van der Waals surface area contributed by atoms with Gasteiger partial charge in [-0.15, -0.1) is 0 Å². The molecular formula is C14H28O2S2. The molecule has 1 saturated carbocycles. The third-order valence-electron chi connectivity index (χ3n) is 4.03. The van der Waals surface area contributed by atoms with E-state index >= 15 is 0 Å². The second-order valence-corrected chi connectivity index (χ2v) is 7.16. The van der Waals surface area contributed by atoms with Crippen molar-refractivity contribution in [2.75, 3.05) is 13.2 Å². The Labute approximate surface area is 122 Å². The molecule has 18 heavy (non-hydrogen) atoms. The predicted molar refractivity (Wildman–Crippen MR) is 83.6 cm³/mol. The van der Waals surface area contributed by atoms with Crippen LogP contribution >= 0.6 is 25.3 Å². The van der Waals surface area contributed by atoms with Crippen molar-refractivity contribution in [2.45, 2.75) is 61.9 Å². The topological polar surface area (TPSA) is 40.5 Å². The first-order valence-electron chi connectivity index (χ1n) is 7.23. The van der Waals surface area contributed by atoms with E-state index in [0.717, 1.165) is 37.5 Å². The molecule has 0 aromatic rings. The van der Waals surface area contributed by atoms with Gasteiger partial charge < -0.3 is 10.2 Å². The second kappa shape index (κ2) is 9.51. The molecule has 1 aliphatic rings. The Morgan fingerprint density at radius 2 is 1.33 bits per heavy atom. The second-order valence-electron chi connectivity index (χ2n) is 5.70. The van der Waals surface area contributed by atoms with Crippen LogP contribution in [0.3, 0.4) is 0 Å². The van der Waals surface area contributed by atoms with Gasteiger partial charge in [0.25, 0.3) is 0 Å². The van der Waals surface area contributed by atoms with E-state index < -0.39 is 0 Å². The van der Waals surface area contributed by atoms with E-state index in [9.17, 15) is 0 Å². The van der Waals surface area contributed by atoms with Crippen LogP contribution in [0, 0.1) is 11.8 Å². The summed E-state index contributed by atoms with van der Waals surface area (Å²) in [5.74, 6) is 1.54. The molecule has 0 aromatic heterocycles. The van der Waals surface area contributed by atoms with Crippen molar-refractivity contribution in [1.82, 2.24) is 0 Å². The Balaban J connectivity index is 2.27. The van der Waals surface area contributed by atoms with Crippen molar-refractivity contribution in [3.05, 3.63) is 0 Å². The summed E-state index contributed by atoms with van der Waals surface area (Å²) in [6, 6.07) is 0. The van der Waals surface area contributed by atoms with Gasteiger partial charge in [0.15, 0.2) is 0 Å². The van der Waals surface area contributed by atoms with E-state index in [1.807, 2.05) is 0 Å². The highest BCUT2D eigenvalue weighted by molar-refractivity contribution is 7.81. The fourth-order valence-electron chi connectivity index (χ4n) is 3.13. The molecule has 4 atom stereocenters. The molecule has 0 bridgehead atoms. The molecule has 2 N–H and O–H groups in total. The molecule has 108 valence electrons. The Kier molecular flexibility index (Phi) is 8.81. The summed E-state index contributed by atoms with van der Waals surface area (Å²) in [6.07, 6.45) is 9.12. The Hall–Kier alpha value is 0.620. The number of rotatable bonds is 8. The van der Waals surface area contributed by atoms with Crippen molar-refractivity contribution >= 4 is 25.3 Å². The highest BCUT2D eigenvalue weighted by Gasteiger charge is 2.24. The molecule has 0 aliphatic heterocycles. The van der Waals surface area contributed by atoms with Crippen LogP contribution in [0.25, 0.3) is 0 Å². The lowest BCUT2D eigenvalue weighted by Gasteiger charge is -2.31. The number of aliphatic hydroxyl groups excluding tert-OH is 2. The lowest BCUT2D eigenvalue weighted by atomic mass is 9.77.